The van der Waals surface area contributed by atoms with E-state index in [1.807, 2.05) is 43.3 Å². The van der Waals surface area contributed by atoms with Crippen molar-refractivity contribution in [2.45, 2.75) is 0 Å². The summed E-state index contributed by atoms with van der Waals surface area (Å²) in [6.07, 6.45) is 6.58. The largest absolute Gasteiger partial charge is 1.00 e. The zero-order valence-electron chi connectivity index (χ0n) is 10.7. The van der Waals surface area contributed by atoms with E-state index in [0.29, 0.717) is 5.70 Å². The second-order valence-electron chi connectivity index (χ2n) is 4.46. The highest BCUT2D eigenvalue weighted by atomic mass is 35.5. The average Bonchev–Trinajstić information content (AvgIpc) is 2.35. The molecule has 4 nitrogen and oxygen atoms in total. The smallest absolute Gasteiger partial charge is 0.256 e. The summed E-state index contributed by atoms with van der Waals surface area (Å²) in [5.74, 6) is 0. The summed E-state index contributed by atoms with van der Waals surface area (Å²) >= 11 is 0. The Morgan fingerprint density at radius 3 is 2.68 bits per heavy atom. The number of halogens is 1. The Balaban J connectivity index is 0.00000133. The van der Waals surface area contributed by atoms with E-state index in [0.717, 1.165) is 28.1 Å². The molecular formula is C14H13ClN4. The summed E-state index contributed by atoms with van der Waals surface area (Å²) in [4.78, 5) is 11.1. The number of benzene rings is 1. The van der Waals surface area contributed by atoms with Crippen LogP contribution in [0.4, 0.5) is 5.69 Å². The lowest BCUT2D eigenvalue weighted by atomic mass is 10.1. The van der Waals surface area contributed by atoms with Crippen LogP contribution in [-0.2, 0) is 0 Å². The van der Waals surface area contributed by atoms with Gasteiger partial charge in [-0.25, -0.2) is 4.98 Å². The minimum atomic E-state index is 0. The van der Waals surface area contributed by atoms with E-state index in [1.165, 1.54) is 0 Å². The molecule has 0 fully saturated rings. The number of anilines is 1. The number of hydrogen-bond acceptors (Lipinski definition) is 4. The number of rotatable bonds is 1. The fourth-order valence-electron chi connectivity index (χ4n) is 1.89. The first-order chi connectivity index (χ1) is 8.63. The van der Waals surface area contributed by atoms with Crippen molar-refractivity contribution in [1.82, 2.24) is 9.97 Å². The zero-order valence-corrected chi connectivity index (χ0v) is 11.4. The highest BCUT2D eigenvalue weighted by Crippen LogP contribution is 2.22. The molecule has 96 valence electrons. The first-order valence-electron chi connectivity index (χ1n) is 5.69. The molecule has 3 rings (SSSR count). The molecule has 0 radical (unpaired) electrons. The van der Waals surface area contributed by atoms with Crippen molar-refractivity contribution in [1.29, 1.82) is 0 Å². The molecule has 0 atom stereocenters. The molecule has 1 aromatic heterocycles. The third-order valence-electron chi connectivity index (χ3n) is 2.87. The van der Waals surface area contributed by atoms with Crippen molar-refractivity contribution in [3.05, 3.63) is 47.4 Å². The fourth-order valence-corrected chi connectivity index (χ4v) is 1.89. The predicted molar refractivity (Wildman–Crippen MR) is 72.9 cm³/mol. The lowest BCUT2D eigenvalue weighted by molar-refractivity contribution is -0.00000384. The minimum absolute atomic E-state index is 0. The SMILES string of the molecule is CN(C)c1ccc2nc3c(nc2c1)C=C(N)C=[C+]3.[Cl-]. The quantitative estimate of drug-likeness (QED) is 0.657. The summed E-state index contributed by atoms with van der Waals surface area (Å²) in [6.45, 7) is 0. The molecular weight excluding hydrogens is 260 g/mol. The number of hydrogen-bond donors (Lipinski definition) is 1. The van der Waals surface area contributed by atoms with E-state index >= 15 is 0 Å². The summed E-state index contributed by atoms with van der Waals surface area (Å²) < 4.78 is 0. The normalized spacial score (nSPS) is 12.2. The van der Waals surface area contributed by atoms with Crippen LogP contribution in [0.3, 0.4) is 0 Å². The summed E-state index contributed by atoms with van der Waals surface area (Å²) in [6, 6.07) is 6.02. The van der Waals surface area contributed by atoms with Crippen LogP contribution >= 0.6 is 0 Å². The van der Waals surface area contributed by atoms with Crippen molar-refractivity contribution in [2.75, 3.05) is 19.0 Å². The van der Waals surface area contributed by atoms with Crippen molar-refractivity contribution >= 4 is 22.8 Å². The van der Waals surface area contributed by atoms with Gasteiger partial charge in [0.05, 0.1) is 11.6 Å². The van der Waals surface area contributed by atoms with E-state index in [-0.39, 0.29) is 12.4 Å². The molecule has 0 amide bonds. The van der Waals surface area contributed by atoms with Crippen LogP contribution in [0.1, 0.15) is 11.4 Å². The number of aromatic nitrogens is 2. The summed E-state index contributed by atoms with van der Waals surface area (Å²) in [5.41, 5.74) is 10.8. The standard InChI is InChI=1S/C14H13N4.ClH/c1-18(2)10-4-6-12-14(8-10)17-13-7-9(15)3-5-11(13)16-12;/h3-4,6-8H,15H2,1-2H3;1H/q+1;/p-1. The minimum Gasteiger partial charge on any atom is -1.00 e. The van der Waals surface area contributed by atoms with Gasteiger partial charge in [0.1, 0.15) is 23.4 Å². The fraction of sp³-hybridized carbons (Fsp3) is 0.143. The molecule has 1 aliphatic carbocycles. The molecule has 1 aliphatic rings. The Labute approximate surface area is 118 Å². The molecule has 0 saturated carbocycles. The van der Waals surface area contributed by atoms with E-state index in [9.17, 15) is 0 Å². The number of nitrogens with two attached hydrogens (primary N) is 1. The van der Waals surface area contributed by atoms with Crippen molar-refractivity contribution in [3.63, 3.8) is 0 Å². The lowest BCUT2D eigenvalue weighted by Gasteiger charge is -2.12. The van der Waals surface area contributed by atoms with Crippen molar-refractivity contribution in [3.8, 4) is 0 Å². The van der Waals surface area contributed by atoms with Crippen LogP contribution in [0.25, 0.3) is 17.1 Å². The van der Waals surface area contributed by atoms with E-state index in [1.54, 1.807) is 6.08 Å². The van der Waals surface area contributed by atoms with Crippen LogP contribution in [0, 0.1) is 6.08 Å². The number of allylic oxidation sites excluding steroid dienone is 1. The van der Waals surface area contributed by atoms with Gasteiger partial charge < -0.3 is 23.0 Å². The van der Waals surface area contributed by atoms with Crippen LogP contribution in [0.5, 0.6) is 0 Å². The van der Waals surface area contributed by atoms with Gasteiger partial charge >= 0.3 is 0 Å². The molecule has 2 aromatic rings. The molecule has 0 unspecified atom stereocenters. The van der Waals surface area contributed by atoms with Gasteiger partial charge in [-0.3, -0.25) is 0 Å². The van der Waals surface area contributed by atoms with Gasteiger partial charge in [-0.1, -0.05) is 0 Å². The molecule has 1 heterocycles. The van der Waals surface area contributed by atoms with Crippen molar-refractivity contribution in [2.24, 2.45) is 5.73 Å². The monoisotopic (exact) mass is 272 g/mol. The zero-order chi connectivity index (χ0) is 12.7. The highest BCUT2D eigenvalue weighted by Gasteiger charge is 2.18. The Bertz CT molecular complexity index is 689. The van der Waals surface area contributed by atoms with Crippen LogP contribution < -0.4 is 23.0 Å². The molecule has 19 heavy (non-hydrogen) atoms. The maximum atomic E-state index is 5.74. The van der Waals surface area contributed by atoms with Gasteiger partial charge in [-0.2, -0.15) is 4.98 Å². The number of nitrogens with zero attached hydrogens (tertiary/aromatic N) is 3. The lowest BCUT2D eigenvalue weighted by Crippen LogP contribution is -3.00. The van der Waals surface area contributed by atoms with Gasteiger partial charge in [-0.05, 0) is 18.2 Å². The third-order valence-corrected chi connectivity index (χ3v) is 2.87. The van der Waals surface area contributed by atoms with Gasteiger partial charge in [0.2, 0.25) is 5.69 Å². The molecule has 0 bridgehead atoms. The van der Waals surface area contributed by atoms with E-state index < -0.39 is 0 Å². The summed E-state index contributed by atoms with van der Waals surface area (Å²) in [7, 11) is 4.00. The Morgan fingerprint density at radius 2 is 1.95 bits per heavy atom. The van der Waals surface area contributed by atoms with Crippen LogP contribution in [0.15, 0.2) is 30.0 Å². The average molecular weight is 273 g/mol. The second kappa shape index (κ2) is 4.84. The summed E-state index contributed by atoms with van der Waals surface area (Å²) in [5, 5.41) is 0. The van der Waals surface area contributed by atoms with E-state index in [2.05, 4.69) is 16.0 Å². The predicted octanol–water partition coefficient (Wildman–Crippen LogP) is -1.28. The number of fused-ring (bicyclic) bond motifs is 2. The molecule has 2 N–H and O–H groups in total. The molecule has 5 heteroatoms. The van der Waals surface area contributed by atoms with Gasteiger partial charge in [0.15, 0.2) is 0 Å². The molecule has 0 saturated heterocycles. The van der Waals surface area contributed by atoms with Gasteiger partial charge in [-0.15, -0.1) is 0 Å². The highest BCUT2D eigenvalue weighted by molar-refractivity contribution is 5.80. The van der Waals surface area contributed by atoms with Crippen LogP contribution in [-0.4, -0.2) is 24.1 Å². The Kier molecular flexibility index (Phi) is 3.38. The topological polar surface area (TPSA) is 55.0 Å². The molecule has 1 aromatic carbocycles. The Hall–Kier alpha value is -2.16. The third kappa shape index (κ3) is 2.36. The van der Waals surface area contributed by atoms with Crippen LogP contribution in [0.2, 0.25) is 0 Å². The first kappa shape index (κ1) is 13.3. The maximum Gasteiger partial charge on any atom is 0.256 e. The molecule has 0 aliphatic heterocycles. The second-order valence-corrected chi connectivity index (χ2v) is 4.46. The van der Waals surface area contributed by atoms with Gasteiger partial charge in [0, 0.05) is 19.8 Å². The first-order valence-corrected chi connectivity index (χ1v) is 5.69. The van der Waals surface area contributed by atoms with E-state index in [4.69, 9.17) is 5.73 Å². The van der Waals surface area contributed by atoms with Gasteiger partial charge in [0.25, 0.3) is 5.69 Å². The van der Waals surface area contributed by atoms with Crippen molar-refractivity contribution < 1.29 is 12.4 Å². The maximum absolute atomic E-state index is 5.74. The Morgan fingerprint density at radius 1 is 1.16 bits per heavy atom. The molecule has 0 spiro atoms.